The van der Waals surface area contributed by atoms with Crippen molar-refractivity contribution in [3.8, 4) is 0 Å². The molecular formula is C31H20ClFN2O2S. The van der Waals surface area contributed by atoms with Crippen molar-refractivity contribution in [1.29, 1.82) is 5.41 Å². The van der Waals surface area contributed by atoms with Crippen LogP contribution in [0.4, 0.5) is 15.1 Å². The van der Waals surface area contributed by atoms with Crippen molar-refractivity contribution in [2.45, 2.75) is 5.92 Å². The van der Waals surface area contributed by atoms with Gasteiger partial charge in [-0.2, -0.15) is 0 Å². The van der Waals surface area contributed by atoms with Gasteiger partial charge in [0.05, 0.1) is 0 Å². The van der Waals surface area contributed by atoms with Crippen LogP contribution < -0.4 is 10.3 Å². The summed E-state index contributed by atoms with van der Waals surface area (Å²) in [4.78, 5) is 15.9. The van der Waals surface area contributed by atoms with E-state index in [2.05, 4.69) is 0 Å². The lowest BCUT2D eigenvalue weighted by Crippen LogP contribution is -2.38. The first-order valence-corrected chi connectivity index (χ1v) is 13.1. The molecule has 0 saturated heterocycles. The summed E-state index contributed by atoms with van der Waals surface area (Å²) in [5.41, 5.74) is 1.95. The second-order valence-corrected chi connectivity index (χ2v) is 10.4. The number of rotatable bonds is 3. The molecule has 1 aliphatic heterocycles. The van der Waals surface area contributed by atoms with Crippen molar-refractivity contribution in [3.05, 3.63) is 146 Å². The summed E-state index contributed by atoms with van der Waals surface area (Å²) in [7, 11) is 0. The van der Waals surface area contributed by atoms with Gasteiger partial charge in [-0.05, 0) is 48.0 Å². The molecule has 0 fully saturated rings. The fourth-order valence-electron chi connectivity index (χ4n) is 4.94. The number of hydrogen-bond acceptors (Lipinski definition) is 4. The van der Waals surface area contributed by atoms with Crippen LogP contribution in [0.2, 0.25) is 5.02 Å². The van der Waals surface area contributed by atoms with Gasteiger partial charge in [-0.15, -0.1) is 11.3 Å². The van der Waals surface area contributed by atoms with E-state index in [1.54, 1.807) is 59.5 Å². The molecule has 1 aliphatic rings. The zero-order valence-electron chi connectivity index (χ0n) is 19.9. The van der Waals surface area contributed by atoms with Crippen LogP contribution in [0, 0.1) is 11.2 Å². The Morgan fingerprint density at radius 3 is 2.34 bits per heavy atom. The minimum absolute atomic E-state index is 0.00339. The summed E-state index contributed by atoms with van der Waals surface area (Å²) < 4.78 is 15.2. The van der Waals surface area contributed by atoms with Gasteiger partial charge in [0, 0.05) is 43.4 Å². The average molecular weight is 539 g/mol. The normalized spacial score (nSPS) is 16.4. The topological polar surface area (TPSA) is 64.4 Å². The Hall–Kier alpha value is -4.26. The largest absolute Gasteiger partial charge is 0.507 e. The quantitative estimate of drug-likeness (QED) is 0.227. The van der Waals surface area contributed by atoms with Crippen LogP contribution in [0.5, 0.6) is 0 Å². The standard InChI is InChI=1S/C31H20ClFN2O2S/c32-20-14-15-23-24(17-20)38-31-27(29(23)37)25(19-10-7-11-21(33)16-19)26(28(36)18-8-3-1-4-9-18)30(34)35(31)22-12-5-2-6-13-22/h1-17,25,34,36H/b28-26+,34-30?/t25-/m1/s1. The van der Waals surface area contributed by atoms with Crippen LogP contribution >= 0.6 is 22.9 Å². The summed E-state index contributed by atoms with van der Waals surface area (Å²) in [6.45, 7) is 0. The molecule has 0 spiro atoms. The maximum atomic E-state index is 14.6. The first-order valence-electron chi connectivity index (χ1n) is 11.9. The Morgan fingerprint density at radius 2 is 1.63 bits per heavy atom. The fourth-order valence-corrected chi connectivity index (χ4v) is 6.45. The van der Waals surface area contributed by atoms with Gasteiger partial charge >= 0.3 is 0 Å². The van der Waals surface area contributed by atoms with Crippen molar-refractivity contribution in [3.63, 3.8) is 0 Å². The van der Waals surface area contributed by atoms with E-state index < -0.39 is 11.7 Å². The number of amidine groups is 1. The van der Waals surface area contributed by atoms with Crippen molar-refractivity contribution in [2.24, 2.45) is 0 Å². The molecule has 5 aromatic rings. The first kappa shape index (κ1) is 24.1. The van der Waals surface area contributed by atoms with E-state index in [0.717, 1.165) is 0 Å². The molecule has 2 N–H and O–H groups in total. The smallest absolute Gasteiger partial charge is 0.194 e. The Balaban J connectivity index is 1.77. The highest BCUT2D eigenvalue weighted by Crippen LogP contribution is 2.49. The van der Waals surface area contributed by atoms with Crippen molar-refractivity contribution in [2.75, 3.05) is 4.90 Å². The molecule has 0 bridgehead atoms. The van der Waals surface area contributed by atoms with Crippen LogP contribution in [0.1, 0.15) is 22.6 Å². The number of aliphatic hydroxyl groups excluding tert-OH is 1. The average Bonchev–Trinajstić information content (AvgIpc) is 2.93. The lowest BCUT2D eigenvalue weighted by Gasteiger charge is -2.37. The van der Waals surface area contributed by atoms with Gasteiger partial charge < -0.3 is 5.11 Å². The second kappa shape index (κ2) is 9.56. The van der Waals surface area contributed by atoms with Gasteiger partial charge in [0.2, 0.25) is 0 Å². The number of nitrogens with zero attached hydrogens (tertiary/aromatic N) is 1. The number of benzene rings is 4. The molecule has 7 heteroatoms. The predicted octanol–water partition coefficient (Wildman–Crippen LogP) is 8.28. The number of hydrogen-bond donors (Lipinski definition) is 2. The van der Waals surface area contributed by atoms with E-state index in [9.17, 15) is 19.7 Å². The number of aliphatic hydroxyl groups is 1. The molecule has 0 amide bonds. The molecule has 1 atom stereocenters. The number of fused-ring (bicyclic) bond motifs is 2. The number of anilines is 2. The van der Waals surface area contributed by atoms with Crippen LogP contribution in [0.15, 0.2) is 113 Å². The molecule has 0 radical (unpaired) electrons. The monoisotopic (exact) mass is 538 g/mol. The zero-order chi connectivity index (χ0) is 26.4. The van der Waals surface area contributed by atoms with Crippen LogP contribution in [0.3, 0.4) is 0 Å². The number of nitrogens with one attached hydrogen (secondary N) is 1. The third-order valence-corrected chi connectivity index (χ3v) is 8.02. The lowest BCUT2D eigenvalue weighted by molar-refractivity contribution is 0.505. The third kappa shape index (κ3) is 3.99. The summed E-state index contributed by atoms with van der Waals surface area (Å²) in [5.74, 6) is -1.49. The molecular weight excluding hydrogens is 519 g/mol. The Bertz CT molecular complexity index is 1800. The van der Waals surface area contributed by atoms with Gasteiger partial charge in [-0.1, -0.05) is 72.3 Å². The SMILES string of the molecule is N=C1/C(=C(/O)c2ccccc2)[C@@H](c2cccc(F)c2)c2c(sc3cc(Cl)ccc3c2=O)N1c1ccccc1. The Kier molecular flexibility index (Phi) is 6.06. The number of para-hydroxylation sites is 1. The maximum absolute atomic E-state index is 14.6. The molecule has 38 heavy (non-hydrogen) atoms. The Morgan fingerprint density at radius 1 is 0.921 bits per heavy atom. The third-order valence-electron chi connectivity index (χ3n) is 6.63. The highest BCUT2D eigenvalue weighted by atomic mass is 35.5. The van der Waals surface area contributed by atoms with Crippen molar-refractivity contribution in [1.82, 2.24) is 0 Å². The summed E-state index contributed by atoms with van der Waals surface area (Å²) in [6, 6.07) is 29.2. The summed E-state index contributed by atoms with van der Waals surface area (Å²) in [6.07, 6.45) is 0. The first-order chi connectivity index (χ1) is 18.4. The van der Waals surface area contributed by atoms with E-state index in [4.69, 9.17) is 11.6 Å². The maximum Gasteiger partial charge on any atom is 0.194 e. The molecule has 0 aliphatic carbocycles. The van der Waals surface area contributed by atoms with E-state index in [1.807, 2.05) is 36.4 Å². The van der Waals surface area contributed by atoms with Crippen LogP contribution in [-0.2, 0) is 0 Å². The van der Waals surface area contributed by atoms with E-state index in [1.165, 1.54) is 23.5 Å². The van der Waals surface area contributed by atoms with Gasteiger partial charge in [0.15, 0.2) is 5.43 Å². The van der Waals surface area contributed by atoms with Crippen molar-refractivity contribution >= 4 is 55.3 Å². The van der Waals surface area contributed by atoms with E-state index in [0.29, 0.717) is 42.5 Å². The fraction of sp³-hybridized carbons (Fsp3) is 0.0323. The molecule has 4 nitrogen and oxygen atoms in total. The molecule has 4 aromatic carbocycles. The van der Waals surface area contributed by atoms with Crippen molar-refractivity contribution < 1.29 is 9.50 Å². The van der Waals surface area contributed by atoms with E-state index >= 15 is 0 Å². The van der Waals surface area contributed by atoms with Crippen LogP contribution in [0.25, 0.3) is 15.8 Å². The van der Waals surface area contributed by atoms with E-state index in [-0.39, 0.29) is 22.6 Å². The van der Waals surface area contributed by atoms with Crippen LogP contribution in [-0.4, -0.2) is 10.9 Å². The minimum atomic E-state index is -0.878. The van der Waals surface area contributed by atoms with Gasteiger partial charge in [0.25, 0.3) is 0 Å². The van der Waals surface area contributed by atoms with Gasteiger partial charge in [-0.3, -0.25) is 15.1 Å². The Labute approximate surface area is 227 Å². The highest BCUT2D eigenvalue weighted by Gasteiger charge is 2.40. The summed E-state index contributed by atoms with van der Waals surface area (Å²) >= 11 is 7.62. The van der Waals surface area contributed by atoms with Gasteiger partial charge in [-0.25, -0.2) is 4.39 Å². The highest BCUT2D eigenvalue weighted by molar-refractivity contribution is 7.22. The zero-order valence-corrected chi connectivity index (χ0v) is 21.4. The van der Waals surface area contributed by atoms with Gasteiger partial charge in [0.1, 0.15) is 22.4 Å². The lowest BCUT2D eigenvalue weighted by atomic mass is 9.80. The predicted molar refractivity (Wildman–Crippen MR) is 154 cm³/mol. The molecule has 0 saturated carbocycles. The molecule has 2 heterocycles. The molecule has 6 rings (SSSR count). The minimum Gasteiger partial charge on any atom is -0.507 e. The second-order valence-electron chi connectivity index (χ2n) is 8.93. The molecule has 186 valence electrons. The summed E-state index contributed by atoms with van der Waals surface area (Å²) in [5, 5.41) is 22.5. The molecule has 1 aromatic heterocycles. The molecule has 0 unspecified atom stereocenters. The number of halogens is 2.